The Hall–Kier alpha value is -1.51. The Kier molecular flexibility index (Phi) is 7.20. The number of methoxy groups -OCH3 is 2. The standard InChI is InChI=1S/C19H29BrN4O3/c1-21-19(24-5-4-15(13-24)23-6-8-27-9-7-23)22-12-14-10-17(25-2)18(26-3)11-16(14)20/h10-11,15H,4-9,12-13H2,1-3H3,(H,21,22). The first-order chi connectivity index (χ1) is 13.2. The molecule has 1 aromatic carbocycles. The van der Waals surface area contributed by atoms with Gasteiger partial charge < -0.3 is 24.4 Å². The lowest BCUT2D eigenvalue weighted by atomic mass is 10.2. The van der Waals surface area contributed by atoms with E-state index in [0.29, 0.717) is 18.3 Å². The quantitative estimate of drug-likeness (QED) is 0.557. The molecule has 3 rings (SSSR count). The van der Waals surface area contributed by atoms with Crippen molar-refractivity contribution in [3.8, 4) is 11.5 Å². The lowest BCUT2D eigenvalue weighted by Gasteiger charge is -2.32. The average Bonchev–Trinajstić information content (AvgIpc) is 3.20. The highest BCUT2D eigenvalue weighted by molar-refractivity contribution is 9.10. The van der Waals surface area contributed by atoms with Gasteiger partial charge in [-0.15, -0.1) is 0 Å². The third-order valence-electron chi connectivity index (χ3n) is 5.23. The molecule has 1 atom stereocenters. The minimum atomic E-state index is 0.584. The van der Waals surface area contributed by atoms with Gasteiger partial charge in [0.05, 0.1) is 27.4 Å². The Labute approximate surface area is 169 Å². The summed E-state index contributed by atoms with van der Waals surface area (Å²) < 4.78 is 17.2. The molecule has 150 valence electrons. The summed E-state index contributed by atoms with van der Waals surface area (Å²) in [5.74, 6) is 2.37. The van der Waals surface area contributed by atoms with Crippen LogP contribution in [0.1, 0.15) is 12.0 Å². The number of hydrogen-bond donors (Lipinski definition) is 1. The number of ether oxygens (including phenoxy) is 3. The van der Waals surface area contributed by atoms with Crippen molar-refractivity contribution in [3.05, 3.63) is 22.2 Å². The predicted molar refractivity (Wildman–Crippen MR) is 110 cm³/mol. The molecule has 2 aliphatic rings. The molecule has 1 aromatic rings. The number of nitrogens with zero attached hydrogens (tertiary/aromatic N) is 3. The summed E-state index contributed by atoms with van der Waals surface area (Å²) in [5, 5.41) is 3.49. The minimum Gasteiger partial charge on any atom is -0.493 e. The number of nitrogens with one attached hydrogen (secondary N) is 1. The van der Waals surface area contributed by atoms with Gasteiger partial charge in [-0.25, -0.2) is 0 Å². The van der Waals surface area contributed by atoms with E-state index in [1.807, 2.05) is 19.2 Å². The second-order valence-corrected chi connectivity index (χ2v) is 7.59. The van der Waals surface area contributed by atoms with Crippen LogP contribution in [0.3, 0.4) is 0 Å². The topological polar surface area (TPSA) is 58.6 Å². The molecule has 2 aliphatic heterocycles. The Bertz CT molecular complexity index is 665. The van der Waals surface area contributed by atoms with Gasteiger partial charge in [-0.2, -0.15) is 0 Å². The van der Waals surface area contributed by atoms with E-state index in [-0.39, 0.29) is 0 Å². The molecule has 2 heterocycles. The van der Waals surface area contributed by atoms with Crippen LogP contribution in [-0.2, 0) is 11.3 Å². The Morgan fingerprint density at radius 2 is 1.93 bits per heavy atom. The number of guanidine groups is 1. The summed E-state index contributed by atoms with van der Waals surface area (Å²) in [6, 6.07) is 4.51. The number of hydrogen-bond acceptors (Lipinski definition) is 5. The first-order valence-corrected chi connectivity index (χ1v) is 10.1. The normalized spacial score (nSPS) is 21.4. The molecule has 7 nitrogen and oxygen atoms in total. The summed E-state index contributed by atoms with van der Waals surface area (Å²) in [6.45, 7) is 6.44. The molecule has 0 aromatic heterocycles. The molecule has 0 aliphatic carbocycles. The van der Waals surface area contributed by atoms with E-state index in [2.05, 4.69) is 36.0 Å². The third kappa shape index (κ3) is 4.86. The van der Waals surface area contributed by atoms with Gasteiger partial charge in [0.25, 0.3) is 0 Å². The molecular weight excluding hydrogens is 412 g/mol. The lowest BCUT2D eigenvalue weighted by molar-refractivity contribution is 0.0195. The van der Waals surface area contributed by atoms with E-state index < -0.39 is 0 Å². The van der Waals surface area contributed by atoms with Crippen LogP contribution in [0, 0.1) is 0 Å². The molecule has 2 fully saturated rings. The highest BCUT2D eigenvalue weighted by Gasteiger charge is 2.30. The van der Waals surface area contributed by atoms with Gasteiger partial charge in [-0.1, -0.05) is 15.9 Å². The zero-order valence-corrected chi connectivity index (χ0v) is 17.9. The third-order valence-corrected chi connectivity index (χ3v) is 5.96. The Morgan fingerprint density at radius 3 is 2.59 bits per heavy atom. The summed E-state index contributed by atoms with van der Waals surface area (Å²) in [6.07, 6.45) is 1.17. The Balaban J connectivity index is 1.60. The number of likely N-dealkylation sites (tertiary alicyclic amines) is 1. The highest BCUT2D eigenvalue weighted by atomic mass is 79.9. The van der Waals surface area contributed by atoms with E-state index in [1.165, 1.54) is 6.42 Å². The molecule has 0 spiro atoms. The van der Waals surface area contributed by atoms with Crippen LogP contribution in [0.15, 0.2) is 21.6 Å². The van der Waals surface area contributed by atoms with Crippen molar-refractivity contribution < 1.29 is 14.2 Å². The van der Waals surface area contributed by atoms with Crippen LogP contribution < -0.4 is 14.8 Å². The van der Waals surface area contributed by atoms with Gasteiger partial charge in [0.1, 0.15) is 0 Å². The van der Waals surface area contributed by atoms with E-state index in [1.54, 1.807) is 14.2 Å². The number of morpholine rings is 1. The number of rotatable bonds is 5. The maximum Gasteiger partial charge on any atom is 0.193 e. The zero-order chi connectivity index (χ0) is 19.2. The molecule has 27 heavy (non-hydrogen) atoms. The van der Waals surface area contributed by atoms with Gasteiger partial charge >= 0.3 is 0 Å². The maximum atomic E-state index is 5.47. The lowest BCUT2D eigenvalue weighted by Crippen LogP contribution is -2.46. The SMILES string of the molecule is CN=C(NCc1cc(OC)c(OC)cc1Br)N1CCC(N2CCOCC2)C1. The van der Waals surface area contributed by atoms with Crippen LogP contribution in [0.2, 0.25) is 0 Å². The highest BCUT2D eigenvalue weighted by Crippen LogP contribution is 2.33. The first kappa shape index (κ1) is 20.2. The van der Waals surface area contributed by atoms with Gasteiger partial charge in [-0.05, 0) is 24.1 Å². The monoisotopic (exact) mass is 440 g/mol. The molecule has 0 amide bonds. The fourth-order valence-corrected chi connectivity index (χ4v) is 4.18. The number of halogens is 1. The smallest absolute Gasteiger partial charge is 0.193 e. The molecule has 8 heteroatoms. The Morgan fingerprint density at radius 1 is 1.22 bits per heavy atom. The summed E-state index contributed by atoms with van der Waals surface area (Å²) in [4.78, 5) is 9.37. The van der Waals surface area contributed by atoms with E-state index >= 15 is 0 Å². The largest absolute Gasteiger partial charge is 0.493 e. The van der Waals surface area contributed by atoms with Crippen LogP contribution in [0.4, 0.5) is 0 Å². The van der Waals surface area contributed by atoms with Crippen molar-refractivity contribution in [2.75, 3.05) is 60.7 Å². The second kappa shape index (κ2) is 9.61. The van der Waals surface area contributed by atoms with E-state index in [0.717, 1.165) is 61.1 Å². The van der Waals surface area contributed by atoms with Gasteiger partial charge in [0.15, 0.2) is 17.5 Å². The van der Waals surface area contributed by atoms with Gasteiger partial charge in [-0.3, -0.25) is 9.89 Å². The van der Waals surface area contributed by atoms with Crippen molar-refractivity contribution in [1.29, 1.82) is 0 Å². The fraction of sp³-hybridized carbons (Fsp3) is 0.632. The zero-order valence-electron chi connectivity index (χ0n) is 16.3. The van der Waals surface area contributed by atoms with Crippen molar-refractivity contribution in [2.45, 2.75) is 19.0 Å². The average molecular weight is 441 g/mol. The molecule has 1 N–H and O–H groups in total. The summed E-state index contributed by atoms with van der Waals surface area (Å²) >= 11 is 3.62. The van der Waals surface area contributed by atoms with E-state index in [4.69, 9.17) is 14.2 Å². The molecule has 0 saturated carbocycles. The van der Waals surface area contributed by atoms with Crippen molar-refractivity contribution >= 4 is 21.9 Å². The number of aliphatic imine (C=N–C) groups is 1. The van der Waals surface area contributed by atoms with Crippen molar-refractivity contribution in [1.82, 2.24) is 15.1 Å². The molecule has 2 saturated heterocycles. The molecule has 0 radical (unpaired) electrons. The minimum absolute atomic E-state index is 0.584. The van der Waals surface area contributed by atoms with Crippen LogP contribution in [0.25, 0.3) is 0 Å². The van der Waals surface area contributed by atoms with Crippen LogP contribution >= 0.6 is 15.9 Å². The molecule has 1 unspecified atom stereocenters. The van der Waals surface area contributed by atoms with Gasteiger partial charge in [0.2, 0.25) is 0 Å². The van der Waals surface area contributed by atoms with Crippen LogP contribution in [-0.4, -0.2) is 82.5 Å². The first-order valence-electron chi connectivity index (χ1n) is 9.34. The van der Waals surface area contributed by atoms with E-state index in [9.17, 15) is 0 Å². The van der Waals surface area contributed by atoms with Crippen molar-refractivity contribution in [3.63, 3.8) is 0 Å². The van der Waals surface area contributed by atoms with Crippen LogP contribution in [0.5, 0.6) is 11.5 Å². The van der Waals surface area contributed by atoms with Crippen molar-refractivity contribution in [2.24, 2.45) is 4.99 Å². The number of benzene rings is 1. The molecular formula is C19H29BrN4O3. The molecule has 0 bridgehead atoms. The fourth-order valence-electron chi connectivity index (χ4n) is 3.71. The second-order valence-electron chi connectivity index (χ2n) is 6.74. The maximum absolute atomic E-state index is 5.47. The predicted octanol–water partition coefficient (Wildman–Crippen LogP) is 1.95. The summed E-state index contributed by atoms with van der Waals surface area (Å²) in [5.41, 5.74) is 1.10. The summed E-state index contributed by atoms with van der Waals surface area (Å²) in [7, 11) is 5.13. The van der Waals surface area contributed by atoms with Gasteiger partial charge in [0, 0.05) is 50.3 Å².